The first kappa shape index (κ1) is 10.6. The summed E-state index contributed by atoms with van der Waals surface area (Å²) < 4.78 is 1.92. The Bertz CT molecular complexity index is 643. The number of hydrogen-bond donors (Lipinski definition) is 1. The van der Waals surface area contributed by atoms with E-state index in [-0.39, 0.29) is 11.0 Å². The molecule has 2 aromatic heterocycles. The van der Waals surface area contributed by atoms with Crippen LogP contribution in [0.25, 0.3) is 5.65 Å². The van der Waals surface area contributed by atoms with Crippen LogP contribution in [0.5, 0.6) is 0 Å². The third-order valence-corrected chi connectivity index (χ3v) is 3.44. The monoisotopic (exact) mass is 231 g/mol. The fourth-order valence-electron chi connectivity index (χ4n) is 2.44. The van der Waals surface area contributed by atoms with Crippen molar-refractivity contribution >= 4 is 5.65 Å². The molecular formula is C13H17N3O. The van der Waals surface area contributed by atoms with Gasteiger partial charge in [-0.1, -0.05) is 20.8 Å². The summed E-state index contributed by atoms with van der Waals surface area (Å²) in [6, 6.07) is 1.99. The molecule has 2 aromatic rings. The molecule has 2 heterocycles. The number of hydrogen-bond acceptors (Lipinski definition) is 2. The Balaban J connectivity index is 2.34. The molecule has 0 bridgehead atoms. The second-order valence-corrected chi connectivity index (χ2v) is 5.81. The molecule has 0 fully saturated rings. The van der Waals surface area contributed by atoms with E-state index in [2.05, 4.69) is 30.9 Å². The van der Waals surface area contributed by atoms with E-state index < -0.39 is 0 Å². The average Bonchev–Trinajstić information content (AvgIpc) is 2.78. The van der Waals surface area contributed by atoms with Gasteiger partial charge in [-0.3, -0.25) is 4.79 Å². The minimum Gasteiger partial charge on any atom is -0.307 e. The van der Waals surface area contributed by atoms with Gasteiger partial charge < -0.3 is 4.98 Å². The summed E-state index contributed by atoms with van der Waals surface area (Å²) in [5.41, 5.74) is 3.92. The normalized spacial score (nSPS) is 15.5. The van der Waals surface area contributed by atoms with Crippen molar-refractivity contribution < 1.29 is 0 Å². The van der Waals surface area contributed by atoms with Crippen LogP contribution in [0.4, 0.5) is 0 Å². The summed E-state index contributed by atoms with van der Waals surface area (Å²) in [4.78, 5) is 14.8. The van der Waals surface area contributed by atoms with Gasteiger partial charge in [-0.2, -0.15) is 5.10 Å². The van der Waals surface area contributed by atoms with Crippen molar-refractivity contribution in [3.63, 3.8) is 0 Å². The number of nitrogens with one attached hydrogen (secondary N) is 1. The predicted octanol–water partition coefficient (Wildman–Crippen LogP) is 1.81. The molecule has 17 heavy (non-hydrogen) atoms. The van der Waals surface area contributed by atoms with Crippen molar-refractivity contribution in [3.05, 3.63) is 33.4 Å². The molecule has 0 amide bonds. The lowest BCUT2D eigenvalue weighted by atomic mass is 9.93. The van der Waals surface area contributed by atoms with Gasteiger partial charge >= 0.3 is 0 Å². The van der Waals surface area contributed by atoms with Crippen LogP contribution < -0.4 is 5.56 Å². The molecule has 0 unspecified atom stereocenters. The zero-order valence-corrected chi connectivity index (χ0v) is 10.5. The van der Waals surface area contributed by atoms with Crippen LogP contribution in [0, 0.1) is 0 Å². The topological polar surface area (TPSA) is 50.2 Å². The number of nitrogens with zero attached hydrogens (tertiary/aromatic N) is 2. The smallest absolute Gasteiger partial charge is 0.254 e. The van der Waals surface area contributed by atoms with Crippen LogP contribution in [0.15, 0.2) is 10.9 Å². The Labute approximate surface area is 99.7 Å². The SMILES string of the molecule is CC(C)(C)c1cc2[nH]c(=O)c3c(n2n1)CCC3. The number of aromatic amines is 1. The summed E-state index contributed by atoms with van der Waals surface area (Å²) >= 11 is 0. The van der Waals surface area contributed by atoms with E-state index >= 15 is 0 Å². The maximum Gasteiger partial charge on any atom is 0.254 e. The van der Waals surface area contributed by atoms with Gasteiger partial charge in [-0.05, 0) is 19.3 Å². The van der Waals surface area contributed by atoms with Gasteiger partial charge in [0.2, 0.25) is 0 Å². The molecule has 0 saturated carbocycles. The number of fused-ring (bicyclic) bond motifs is 3. The molecule has 0 aromatic carbocycles. The van der Waals surface area contributed by atoms with E-state index in [4.69, 9.17) is 0 Å². The van der Waals surface area contributed by atoms with Crippen LogP contribution in [-0.4, -0.2) is 14.6 Å². The fraction of sp³-hybridized carbons (Fsp3) is 0.538. The minimum absolute atomic E-state index is 0.00833. The molecule has 4 heteroatoms. The van der Waals surface area contributed by atoms with Crippen LogP contribution >= 0.6 is 0 Å². The van der Waals surface area contributed by atoms with E-state index in [1.54, 1.807) is 0 Å². The van der Waals surface area contributed by atoms with Crippen LogP contribution in [0.2, 0.25) is 0 Å². The Kier molecular flexibility index (Phi) is 2.00. The average molecular weight is 231 g/mol. The quantitative estimate of drug-likeness (QED) is 0.751. The van der Waals surface area contributed by atoms with Crippen molar-refractivity contribution in [2.45, 2.75) is 45.4 Å². The van der Waals surface area contributed by atoms with Gasteiger partial charge in [0.25, 0.3) is 5.56 Å². The molecule has 1 N–H and O–H groups in total. The second kappa shape index (κ2) is 3.22. The summed E-state index contributed by atoms with van der Waals surface area (Å²) in [6.45, 7) is 6.40. The first-order valence-corrected chi connectivity index (χ1v) is 6.11. The van der Waals surface area contributed by atoms with Crippen molar-refractivity contribution in [2.24, 2.45) is 0 Å². The van der Waals surface area contributed by atoms with Crippen LogP contribution in [0.3, 0.4) is 0 Å². The number of aromatic nitrogens is 3. The lowest BCUT2D eigenvalue weighted by molar-refractivity contribution is 0.561. The molecule has 0 spiro atoms. The molecule has 0 radical (unpaired) electrons. The third-order valence-electron chi connectivity index (χ3n) is 3.44. The summed E-state index contributed by atoms with van der Waals surface area (Å²) in [6.07, 6.45) is 2.90. The molecule has 1 aliphatic carbocycles. The first-order valence-electron chi connectivity index (χ1n) is 6.11. The molecule has 0 saturated heterocycles. The fourth-order valence-corrected chi connectivity index (χ4v) is 2.44. The Morgan fingerprint density at radius 1 is 1.35 bits per heavy atom. The highest BCUT2D eigenvalue weighted by Crippen LogP contribution is 2.24. The van der Waals surface area contributed by atoms with Crippen LogP contribution in [0.1, 0.15) is 44.1 Å². The molecule has 90 valence electrons. The van der Waals surface area contributed by atoms with Gasteiger partial charge in [0, 0.05) is 17.0 Å². The van der Waals surface area contributed by atoms with E-state index in [0.29, 0.717) is 0 Å². The number of aryl methyl sites for hydroxylation is 1. The van der Waals surface area contributed by atoms with Gasteiger partial charge in [-0.15, -0.1) is 0 Å². The van der Waals surface area contributed by atoms with Crippen molar-refractivity contribution in [1.82, 2.24) is 14.6 Å². The predicted molar refractivity (Wildman–Crippen MR) is 66.5 cm³/mol. The zero-order valence-electron chi connectivity index (χ0n) is 10.5. The maximum atomic E-state index is 11.9. The van der Waals surface area contributed by atoms with Gasteiger partial charge in [0.05, 0.1) is 11.4 Å². The summed E-state index contributed by atoms with van der Waals surface area (Å²) in [5.74, 6) is 0. The molecule has 0 aliphatic heterocycles. The van der Waals surface area contributed by atoms with Gasteiger partial charge in [0.1, 0.15) is 5.65 Å². The van der Waals surface area contributed by atoms with Crippen molar-refractivity contribution in [2.75, 3.05) is 0 Å². The molecule has 3 rings (SSSR count). The Hall–Kier alpha value is -1.58. The minimum atomic E-state index is 0.00833. The molecule has 1 aliphatic rings. The highest BCUT2D eigenvalue weighted by atomic mass is 16.1. The van der Waals surface area contributed by atoms with Gasteiger partial charge in [0.15, 0.2) is 0 Å². The molecular weight excluding hydrogens is 214 g/mol. The third kappa shape index (κ3) is 1.51. The lowest BCUT2D eigenvalue weighted by Crippen LogP contribution is -2.16. The lowest BCUT2D eigenvalue weighted by Gasteiger charge is -2.13. The zero-order chi connectivity index (χ0) is 12.2. The van der Waals surface area contributed by atoms with Crippen molar-refractivity contribution in [1.29, 1.82) is 0 Å². The first-order chi connectivity index (χ1) is 7.97. The van der Waals surface area contributed by atoms with E-state index in [1.165, 1.54) is 0 Å². The largest absolute Gasteiger partial charge is 0.307 e. The summed E-state index contributed by atoms with van der Waals surface area (Å²) in [7, 11) is 0. The maximum absolute atomic E-state index is 11.9. The van der Waals surface area contributed by atoms with Crippen LogP contribution in [-0.2, 0) is 18.3 Å². The molecule has 4 nitrogen and oxygen atoms in total. The standard InChI is InChI=1S/C13H17N3O/c1-13(2,3)10-7-11-14-12(17)8-5-4-6-9(8)16(11)15-10/h7H,4-6H2,1-3H3,(H,14,17). The van der Waals surface area contributed by atoms with E-state index in [9.17, 15) is 4.79 Å². The Morgan fingerprint density at radius 3 is 2.82 bits per heavy atom. The highest BCUT2D eigenvalue weighted by molar-refractivity contribution is 5.44. The number of H-pyrrole nitrogens is 1. The van der Waals surface area contributed by atoms with Crippen molar-refractivity contribution in [3.8, 4) is 0 Å². The highest BCUT2D eigenvalue weighted by Gasteiger charge is 2.23. The molecule has 0 atom stereocenters. The number of rotatable bonds is 0. The second-order valence-electron chi connectivity index (χ2n) is 5.81. The summed E-state index contributed by atoms with van der Waals surface area (Å²) in [5, 5.41) is 4.64. The van der Waals surface area contributed by atoms with E-state index in [0.717, 1.165) is 41.9 Å². The van der Waals surface area contributed by atoms with E-state index in [1.807, 2.05) is 10.6 Å². The Morgan fingerprint density at radius 2 is 2.12 bits per heavy atom. The van der Waals surface area contributed by atoms with Gasteiger partial charge in [-0.25, -0.2) is 4.52 Å².